The Kier molecular flexibility index (Phi) is 4.68. The van der Waals surface area contributed by atoms with Gasteiger partial charge in [0.25, 0.3) is 0 Å². The molecule has 20 heavy (non-hydrogen) atoms. The van der Waals surface area contributed by atoms with E-state index in [9.17, 15) is 0 Å². The summed E-state index contributed by atoms with van der Waals surface area (Å²) >= 11 is 0. The third-order valence-corrected chi connectivity index (χ3v) is 4.95. The molecular weight excluding hydrogens is 248 g/mol. The summed E-state index contributed by atoms with van der Waals surface area (Å²) in [6, 6.07) is 1.69. The molecular formula is C17H32N2O. The first-order valence-electron chi connectivity index (χ1n) is 8.72. The first kappa shape index (κ1) is 14.8. The zero-order valence-electron chi connectivity index (χ0n) is 13.4. The van der Waals surface area contributed by atoms with Crippen molar-refractivity contribution in [2.75, 3.05) is 32.8 Å². The first-order valence-corrected chi connectivity index (χ1v) is 8.72. The molecule has 0 bridgehead atoms. The fourth-order valence-corrected chi connectivity index (χ4v) is 3.56. The third-order valence-electron chi connectivity index (χ3n) is 4.95. The Morgan fingerprint density at radius 2 is 2.05 bits per heavy atom. The van der Waals surface area contributed by atoms with Gasteiger partial charge in [0.05, 0.1) is 6.61 Å². The highest BCUT2D eigenvalue weighted by molar-refractivity contribution is 4.94. The van der Waals surface area contributed by atoms with Crippen molar-refractivity contribution in [1.29, 1.82) is 0 Å². The second kappa shape index (κ2) is 6.33. The Bertz CT molecular complexity index is 304. The molecule has 1 atom stereocenters. The minimum atomic E-state index is 0.373. The predicted molar refractivity (Wildman–Crippen MR) is 82.9 cm³/mol. The molecule has 1 unspecified atom stereocenters. The van der Waals surface area contributed by atoms with Gasteiger partial charge in [-0.3, -0.25) is 4.90 Å². The van der Waals surface area contributed by atoms with Gasteiger partial charge in [0.1, 0.15) is 0 Å². The molecule has 0 aromatic heterocycles. The summed E-state index contributed by atoms with van der Waals surface area (Å²) in [7, 11) is 0. The Hall–Kier alpha value is -0.120. The minimum Gasteiger partial charge on any atom is -0.381 e. The average Bonchev–Trinajstić information content (AvgIpc) is 3.29. The van der Waals surface area contributed by atoms with Crippen LogP contribution in [0.5, 0.6) is 0 Å². The van der Waals surface area contributed by atoms with Crippen molar-refractivity contribution in [3.8, 4) is 0 Å². The maximum atomic E-state index is 5.88. The normalized spacial score (nSPS) is 31.2. The monoisotopic (exact) mass is 280 g/mol. The van der Waals surface area contributed by atoms with E-state index < -0.39 is 0 Å². The Balaban J connectivity index is 1.60. The summed E-state index contributed by atoms with van der Waals surface area (Å²) < 4.78 is 5.88. The lowest BCUT2D eigenvalue weighted by atomic mass is 9.81. The second-order valence-corrected chi connectivity index (χ2v) is 7.87. The van der Waals surface area contributed by atoms with Crippen molar-refractivity contribution < 1.29 is 4.74 Å². The van der Waals surface area contributed by atoms with Gasteiger partial charge in [0, 0.05) is 43.7 Å². The molecule has 2 aliphatic carbocycles. The lowest BCUT2D eigenvalue weighted by Crippen LogP contribution is -2.50. The summed E-state index contributed by atoms with van der Waals surface area (Å²) in [6.45, 7) is 10.3. The Morgan fingerprint density at radius 1 is 1.25 bits per heavy atom. The van der Waals surface area contributed by atoms with Crippen LogP contribution in [-0.2, 0) is 4.74 Å². The van der Waals surface area contributed by atoms with Crippen molar-refractivity contribution >= 4 is 0 Å². The van der Waals surface area contributed by atoms with Crippen LogP contribution in [0.2, 0.25) is 0 Å². The molecule has 0 radical (unpaired) electrons. The summed E-state index contributed by atoms with van der Waals surface area (Å²) in [6.07, 6.45) is 8.19. The van der Waals surface area contributed by atoms with E-state index in [1.54, 1.807) is 0 Å². The second-order valence-electron chi connectivity index (χ2n) is 7.87. The topological polar surface area (TPSA) is 24.5 Å². The van der Waals surface area contributed by atoms with E-state index >= 15 is 0 Å². The molecule has 1 saturated heterocycles. The molecule has 1 heterocycles. The van der Waals surface area contributed by atoms with Gasteiger partial charge in [-0.15, -0.1) is 0 Å². The smallest absolute Gasteiger partial charge is 0.0546 e. The Morgan fingerprint density at radius 3 is 2.60 bits per heavy atom. The van der Waals surface area contributed by atoms with E-state index in [0.717, 1.165) is 31.2 Å². The van der Waals surface area contributed by atoms with Crippen LogP contribution in [0.15, 0.2) is 0 Å². The van der Waals surface area contributed by atoms with Gasteiger partial charge in [-0.2, -0.15) is 0 Å². The molecule has 0 amide bonds. The number of rotatable bonds is 8. The van der Waals surface area contributed by atoms with Gasteiger partial charge in [0.2, 0.25) is 0 Å². The van der Waals surface area contributed by atoms with Crippen LogP contribution in [0.1, 0.15) is 52.4 Å². The van der Waals surface area contributed by atoms with E-state index in [4.69, 9.17) is 4.74 Å². The standard InChI is InChI=1S/C17H32N2O/c1-14(2)10-19(16-6-7-16)12-17(8-3-9-20-13-17)11-18-15-4-5-15/h14-16,18H,3-13H2,1-2H3. The van der Waals surface area contributed by atoms with E-state index in [2.05, 4.69) is 24.1 Å². The van der Waals surface area contributed by atoms with Crippen LogP contribution >= 0.6 is 0 Å². The quantitative estimate of drug-likeness (QED) is 0.740. The molecule has 0 aromatic carbocycles. The first-order chi connectivity index (χ1) is 9.67. The zero-order chi connectivity index (χ0) is 14.0. The van der Waals surface area contributed by atoms with Gasteiger partial charge >= 0.3 is 0 Å². The number of nitrogens with zero attached hydrogens (tertiary/aromatic N) is 1. The highest BCUT2D eigenvalue weighted by atomic mass is 16.5. The van der Waals surface area contributed by atoms with Gasteiger partial charge in [-0.25, -0.2) is 0 Å². The number of hydrogen-bond acceptors (Lipinski definition) is 3. The zero-order valence-corrected chi connectivity index (χ0v) is 13.4. The van der Waals surface area contributed by atoms with E-state index in [1.165, 1.54) is 58.2 Å². The summed E-state index contributed by atoms with van der Waals surface area (Å²) in [5.74, 6) is 0.772. The fraction of sp³-hybridized carbons (Fsp3) is 1.00. The molecule has 3 aliphatic rings. The van der Waals surface area contributed by atoms with Gasteiger partial charge in [0.15, 0.2) is 0 Å². The van der Waals surface area contributed by atoms with E-state index in [1.807, 2.05) is 0 Å². The minimum absolute atomic E-state index is 0.373. The SMILES string of the molecule is CC(C)CN(CC1(CNC2CC2)CCCOC1)C1CC1. The van der Waals surface area contributed by atoms with E-state index in [0.29, 0.717) is 5.41 Å². The van der Waals surface area contributed by atoms with Crippen LogP contribution in [0.3, 0.4) is 0 Å². The van der Waals surface area contributed by atoms with Crippen LogP contribution in [0, 0.1) is 11.3 Å². The van der Waals surface area contributed by atoms with E-state index in [-0.39, 0.29) is 0 Å². The molecule has 0 spiro atoms. The highest BCUT2D eigenvalue weighted by Crippen LogP contribution is 2.35. The van der Waals surface area contributed by atoms with Gasteiger partial charge in [-0.05, 0) is 44.4 Å². The van der Waals surface area contributed by atoms with Gasteiger partial charge in [-0.1, -0.05) is 13.8 Å². The van der Waals surface area contributed by atoms with Crippen molar-refractivity contribution in [3.63, 3.8) is 0 Å². The van der Waals surface area contributed by atoms with Crippen molar-refractivity contribution in [3.05, 3.63) is 0 Å². The molecule has 1 N–H and O–H groups in total. The molecule has 1 aliphatic heterocycles. The summed E-state index contributed by atoms with van der Waals surface area (Å²) in [4.78, 5) is 2.77. The van der Waals surface area contributed by atoms with Crippen LogP contribution in [0.4, 0.5) is 0 Å². The Labute approximate surface area is 124 Å². The average molecular weight is 280 g/mol. The van der Waals surface area contributed by atoms with Crippen LogP contribution < -0.4 is 5.32 Å². The molecule has 116 valence electrons. The van der Waals surface area contributed by atoms with Gasteiger partial charge < -0.3 is 10.1 Å². The highest BCUT2D eigenvalue weighted by Gasteiger charge is 2.40. The number of nitrogens with one attached hydrogen (secondary N) is 1. The maximum absolute atomic E-state index is 5.88. The molecule has 0 aromatic rings. The van der Waals surface area contributed by atoms with Crippen LogP contribution in [-0.4, -0.2) is 49.8 Å². The fourth-order valence-electron chi connectivity index (χ4n) is 3.56. The number of ether oxygens (including phenoxy) is 1. The molecule has 3 fully saturated rings. The lowest BCUT2D eigenvalue weighted by molar-refractivity contribution is -0.0293. The largest absolute Gasteiger partial charge is 0.381 e. The molecule has 3 rings (SSSR count). The third kappa shape index (κ3) is 4.19. The molecule has 3 nitrogen and oxygen atoms in total. The van der Waals surface area contributed by atoms with Crippen molar-refractivity contribution in [2.24, 2.45) is 11.3 Å². The predicted octanol–water partition coefficient (Wildman–Crippen LogP) is 2.66. The van der Waals surface area contributed by atoms with Crippen molar-refractivity contribution in [1.82, 2.24) is 10.2 Å². The molecule has 2 saturated carbocycles. The summed E-state index contributed by atoms with van der Waals surface area (Å²) in [5, 5.41) is 3.78. The lowest BCUT2D eigenvalue weighted by Gasteiger charge is -2.42. The van der Waals surface area contributed by atoms with Crippen molar-refractivity contribution in [2.45, 2.75) is 64.5 Å². The maximum Gasteiger partial charge on any atom is 0.0546 e. The number of hydrogen-bond donors (Lipinski definition) is 1. The molecule has 3 heteroatoms. The summed E-state index contributed by atoms with van der Waals surface area (Å²) in [5.41, 5.74) is 0.373. The van der Waals surface area contributed by atoms with Crippen LogP contribution in [0.25, 0.3) is 0 Å².